The molecule has 1 saturated heterocycles. The van der Waals surface area contributed by atoms with Crippen LogP contribution >= 0.6 is 23.3 Å². The molecule has 24 heavy (non-hydrogen) atoms. The van der Waals surface area contributed by atoms with Crippen LogP contribution in [0.5, 0.6) is 5.88 Å². The van der Waals surface area contributed by atoms with Gasteiger partial charge in [-0.25, -0.2) is 14.3 Å². The van der Waals surface area contributed by atoms with E-state index in [1.165, 1.54) is 10.6 Å². The highest BCUT2D eigenvalue weighted by atomic mass is 32.2. The van der Waals surface area contributed by atoms with Gasteiger partial charge in [0.15, 0.2) is 0 Å². The summed E-state index contributed by atoms with van der Waals surface area (Å²) in [7, 11) is 1.99. The molecule has 0 saturated carbocycles. The summed E-state index contributed by atoms with van der Waals surface area (Å²) in [5, 5.41) is 7.55. The van der Waals surface area contributed by atoms with Crippen molar-refractivity contribution in [1.82, 2.24) is 24.1 Å². The molecule has 0 N–H and O–H groups in total. The molecule has 8 heteroatoms. The fraction of sp³-hybridized carbons (Fsp3) is 0.438. The van der Waals surface area contributed by atoms with Crippen molar-refractivity contribution in [3.63, 3.8) is 0 Å². The van der Waals surface area contributed by atoms with Gasteiger partial charge in [-0.3, -0.25) is 4.68 Å². The Morgan fingerprint density at radius 2 is 2.12 bits per heavy atom. The van der Waals surface area contributed by atoms with Crippen LogP contribution in [0.15, 0.2) is 29.0 Å². The number of aromatic nitrogens is 4. The summed E-state index contributed by atoms with van der Waals surface area (Å²) in [6.07, 6.45) is 5.72. The number of fused-ring (bicyclic) bond motifs is 1. The van der Waals surface area contributed by atoms with Gasteiger partial charge >= 0.3 is 0 Å². The second-order valence-corrected chi connectivity index (χ2v) is 7.91. The van der Waals surface area contributed by atoms with Gasteiger partial charge in [-0.2, -0.15) is 5.10 Å². The van der Waals surface area contributed by atoms with Gasteiger partial charge in [0.2, 0.25) is 5.88 Å². The summed E-state index contributed by atoms with van der Waals surface area (Å²) in [5.74, 6) is 0.726. The average Bonchev–Trinajstić information content (AvgIpc) is 3.19. The van der Waals surface area contributed by atoms with Crippen LogP contribution in [0.3, 0.4) is 0 Å². The lowest BCUT2D eigenvalue weighted by atomic mass is 10.1. The van der Waals surface area contributed by atoms with Gasteiger partial charge in [-0.15, -0.1) is 11.3 Å². The molecule has 4 rings (SSSR count). The zero-order valence-corrected chi connectivity index (χ0v) is 15.3. The molecule has 0 atom stereocenters. The van der Waals surface area contributed by atoms with E-state index in [9.17, 15) is 0 Å². The highest BCUT2D eigenvalue weighted by Crippen LogP contribution is 2.31. The fourth-order valence-electron chi connectivity index (χ4n) is 2.84. The Morgan fingerprint density at radius 1 is 1.29 bits per heavy atom. The number of piperidine rings is 1. The zero-order valence-electron chi connectivity index (χ0n) is 13.7. The molecule has 0 spiro atoms. The van der Waals surface area contributed by atoms with Crippen LogP contribution in [-0.2, 0) is 7.05 Å². The summed E-state index contributed by atoms with van der Waals surface area (Å²) in [6.45, 7) is 4.10. The van der Waals surface area contributed by atoms with Crippen molar-refractivity contribution in [2.45, 2.75) is 30.9 Å². The molecule has 6 nitrogen and oxygen atoms in total. The number of rotatable bonds is 4. The number of ether oxygens (including phenoxy) is 1. The van der Waals surface area contributed by atoms with Crippen LogP contribution in [0.1, 0.15) is 18.4 Å². The molecule has 4 heterocycles. The smallest absolute Gasteiger partial charge is 0.235 e. The Kier molecular flexibility index (Phi) is 4.43. The van der Waals surface area contributed by atoms with E-state index in [-0.39, 0.29) is 6.10 Å². The van der Waals surface area contributed by atoms with Crippen molar-refractivity contribution in [2.75, 3.05) is 13.1 Å². The van der Waals surface area contributed by atoms with Gasteiger partial charge in [0, 0.05) is 25.7 Å². The number of hydrogen-bond acceptors (Lipinski definition) is 7. The Labute approximate surface area is 149 Å². The van der Waals surface area contributed by atoms with Crippen LogP contribution in [0, 0.1) is 6.92 Å². The van der Waals surface area contributed by atoms with Gasteiger partial charge in [0.05, 0.1) is 11.7 Å². The normalized spacial score (nSPS) is 16.8. The molecule has 0 unspecified atom stereocenters. The molecule has 0 aliphatic carbocycles. The molecule has 0 bridgehead atoms. The molecule has 0 aromatic carbocycles. The zero-order chi connectivity index (χ0) is 16.5. The summed E-state index contributed by atoms with van der Waals surface area (Å²) in [4.78, 5) is 8.59. The van der Waals surface area contributed by atoms with E-state index in [4.69, 9.17) is 4.74 Å². The van der Waals surface area contributed by atoms with Crippen LogP contribution in [-0.4, -0.2) is 43.2 Å². The van der Waals surface area contributed by atoms with E-state index in [0.717, 1.165) is 42.0 Å². The molecule has 0 radical (unpaired) electrons. The minimum Gasteiger partial charge on any atom is -0.473 e. The van der Waals surface area contributed by atoms with E-state index < -0.39 is 0 Å². The largest absolute Gasteiger partial charge is 0.473 e. The molecule has 1 aliphatic rings. The van der Waals surface area contributed by atoms with Crippen LogP contribution < -0.4 is 4.74 Å². The number of thiophene rings is 1. The third-order valence-electron chi connectivity index (χ3n) is 4.16. The average molecular weight is 361 g/mol. The quantitative estimate of drug-likeness (QED) is 0.665. The lowest BCUT2D eigenvalue weighted by molar-refractivity contribution is 0.135. The molecule has 126 valence electrons. The molecule has 3 aromatic heterocycles. The van der Waals surface area contributed by atoms with Crippen molar-refractivity contribution in [2.24, 2.45) is 7.05 Å². The van der Waals surface area contributed by atoms with E-state index in [0.29, 0.717) is 0 Å². The SMILES string of the molecule is Cc1cnn(C)c1SN1CCC(Oc2ncnc3ccsc23)CC1. The minimum atomic E-state index is 0.217. The van der Waals surface area contributed by atoms with Crippen molar-refractivity contribution in [1.29, 1.82) is 0 Å². The summed E-state index contributed by atoms with van der Waals surface area (Å²) >= 11 is 3.43. The maximum absolute atomic E-state index is 6.16. The summed E-state index contributed by atoms with van der Waals surface area (Å²) < 4.78 is 11.5. The highest BCUT2D eigenvalue weighted by Gasteiger charge is 2.23. The first-order valence-electron chi connectivity index (χ1n) is 7.97. The maximum atomic E-state index is 6.16. The lowest BCUT2D eigenvalue weighted by Crippen LogP contribution is -2.34. The van der Waals surface area contributed by atoms with Gasteiger partial charge in [0.25, 0.3) is 0 Å². The van der Waals surface area contributed by atoms with Gasteiger partial charge in [-0.1, -0.05) is 0 Å². The van der Waals surface area contributed by atoms with Crippen LogP contribution in [0.25, 0.3) is 10.2 Å². The summed E-state index contributed by atoms with van der Waals surface area (Å²) in [5.41, 5.74) is 2.19. The maximum Gasteiger partial charge on any atom is 0.235 e. The van der Waals surface area contributed by atoms with Crippen molar-refractivity contribution < 1.29 is 4.74 Å². The topological polar surface area (TPSA) is 56.1 Å². The molecule has 1 fully saturated rings. The van der Waals surface area contributed by atoms with Gasteiger partial charge in [-0.05, 0) is 43.2 Å². The lowest BCUT2D eigenvalue weighted by Gasteiger charge is -2.30. The molecular weight excluding hydrogens is 342 g/mol. The van der Waals surface area contributed by atoms with Crippen molar-refractivity contribution in [3.05, 3.63) is 29.5 Å². The first kappa shape index (κ1) is 15.9. The third-order valence-corrected chi connectivity index (χ3v) is 6.44. The predicted octanol–water partition coefficient (Wildman–Crippen LogP) is 3.28. The fourth-order valence-corrected chi connectivity index (χ4v) is 4.61. The monoisotopic (exact) mass is 361 g/mol. The van der Waals surface area contributed by atoms with Crippen molar-refractivity contribution >= 4 is 33.5 Å². The number of hydrogen-bond donors (Lipinski definition) is 0. The van der Waals surface area contributed by atoms with Gasteiger partial charge in [0.1, 0.15) is 22.2 Å². The Hall–Kier alpha value is -1.64. The summed E-state index contributed by atoms with van der Waals surface area (Å²) in [6, 6.07) is 2.00. The van der Waals surface area contributed by atoms with Gasteiger partial charge < -0.3 is 4.74 Å². The molecule has 3 aromatic rings. The third kappa shape index (κ3) is 3.13. The highest BCUT2D eigenvalue weighted by molar-refractivity contribution is 7.97. The predicted molar refractivity (Wildman–Crippen MR) is 96.4 cm³/mol. The van der Waals surface area contributed by atoms with E-state index in [1.807, 2.05) is 29.4 Å². The standard InChI is InChI=1S/C16H19N5OS2/c1-11-9-19-20(2)16(11)24-21-6-3-12(4-7-21)22-15-14-13(5-8-23-14)17-10-18-15/h5,8-10,12H,3-4,6-7H2,1-2H3. The van der Waals surface area contributed by atoms with E-state index in [2.05, 4.69) is 26.3 Å². The number of aryl methyl sites for hydroxylation is 2. The minimum absolute atomic E-state index is 0.217. The first-order valence-corrected chi connectivity index (χ1v) is 9.62. The second kappa shape index (κ2) is 6.70. The molecule has 0 amide bonds. The number of nitrogens with zero attached hydrogens (tertiary/aromatic N) is 5. The van der Waals surface area contributed by atoms with E-state index in [1.54, 1.807) is 29.6 Å². The Morgan fingerprint density at radius 3 is 2.88 bits per heavy atom. The van der Waals surface area contributed by atoms with Crippen LogP contribution in [0.4, 0.5) is 0 Å². The van der Waals surface area contributed by atoms with E-state index >= 15 is 0 Å². The molecular formula is C16H19N5OS2. The van der Waals surface area contributed by atoms with Crippen LogP contribution in [0.2, 0.25) is 0 Å². The van der Waals surface area contributed by atoms with Crippen molar-refractivity contribution in [3.8, 4) is 5.88 Å². The Bertz CT molecular complexity index is 818. The Balaban J connectivity index is 1.37. The first-order chi connectivity index (χ1) is 11.7. The molecule has 1 aliphatic heterocycles. The second-order valence-electron chi connectivity index (χ2n) is 5.91.